The third-order valence-electron chi connectivity index (χ3n) is 3.15. The third kappa shape index (κ3) is 2.31. The van der Waals surface area contributed by atoms with Crippen molar-refractivity contribution in [2.75, 3.05) is 6.54 Å². The van der Waals surface area contributed by atoms with E-state index in [1.165, 1.54) is 0 Å². The van der Waals surface area contributed by atoms with Crippen LogP contribution in [-0.2, 0) is 17.9 Å². The quantitative estimate of drug-likeness (QED) is 0.745. The van der Waals surface area contributed by atoms with Crippen LogP contribution in [0.25, 0.3) is 0 Å². The van der Waals surface area contributed by atoms with Crippen LogP contribution in [0.15, 0.2) is 6.33 Å². The first-order chi connectivity index (χ1) is 7.89. The van der Waals surface area contributed by atoms with E-state index in [2.05, 4.69) is 10.2 Å². The number of nitrogens with zero attached hydrogens (tertiary/aromatic N) is 4. The Balaban J connectivity index is 2.09. The van der Waals surface area contributed by atoms with Crippen LogP contribution in [-0.4, -0.2) is 38.2 Å². The summed E-state index contributed by atoms with van der Waals surface area (Å²) in [6.07, 6.45) is 1.70. The van der Waals surface area contributed by atoms with Gasteiger partial charge in [-0.15, -0.1) is 10.2 Å². The van der Waals surface area contributed by atoms with Crippen molar-refractivity contribution in [1.82, 2.24) is 19.7 Å². The average Bonchev–Trinajstić information content (AvgIpc) is 2.72. The van der Waals surface area contributed by atoms with Gasteiger partial charge in [-0.2, -0.15) is 0 Å². The molecular weight excluding hydrogens is 218 g/mol. The summed E-state index contributed by atoms with van der Waals surface area (Å²) in [6, 6.07) is -0.475. The second kappa shape index (κ2) is 4.10. The van der Waals surface area contributed by atoms with Crippen molar-refractivity contribution in [3.8, 4) is 0 Å². The number of rotatable bonds is 1. The number of carbonyl (C=O) groups excluding carboxylic acids is 1. The summed E-state index contributed by atoms with van der Waals surface area (Å²) in [6.45, 7) is 7.84. The minimum atomic E-state index is -0.475. The lowest BCUT2D eigenvalue weighted by Gasteiger charge is -2.33. The largest absolute Gasteiger partial charge is 0.332 e. The predicted octanol–water partition coefficient (Wildman–Crippen LogP) is -0.00630. The van der Waals surface area contributed by atoms with E-state index in [1.54, 1.807) is 11.2 Å². The maximum atomic E-state index is 12.2. The molecule has 0 saturated heterocycles. The summed E-state index contributed by atoms with van der Waals surface area (Å²) in [5.74, 6) is 0.817. The van der Waals surface area contributed by atoms with Gasteiger partial charge >= 0.3 is 0 Å². The molecule has 0 aliphatic carbocycles. The summed E-state index contributed by atoms with van der Waals surface area (Å²) < 4.78 is 1.96. The van der Waals surface area contributed by atoms with Gasteiger partial charge in [-0.05, 0) is 5.41 Å². The zero-order valence-corrected chi connectivity index (χ0v) is 10.6. The Morgan fingerprint density at radius 1 is 1.47 bits per heavy atom. The topological polar surface area (TPSA) is 77.0 Å². The van der Waals surface area contributed by atoms with Crippen LogP contribution >= 0.6 is 0 Å². The first kappa shape index (κ1) is 12.0. The van der Waals surface area contributed by atoms with Crippen LogP contribution < -0.4 is 5.73 Å². The molecule has 0 saturated carbocycles. The smallest absolute Gasteiger partial charge is 0.240 e. The minimum Gasteiger partial charge on any atom is -0.332 e. The number of aromatic nitrogens is 3. The van der Waals surface area contributed by atoms with Crippen molar-refractivity contribution in [2.45, 2.75) is 39.9 Å². The molecule has 1 aromatic rings. The van der Waals surface area contributed by atoms with Crippen molar-refractivity contribution < 1.29 is 4.79 Å². The second-order valence-corrected chi connectivity index (χ2v) is 5.54. The molecule has 6 heteroatoms. The van der Waals surface area contributed by atoms with Gasteiger partial charge in [-0.3, -0.25) is 4.79 Å². The molecule has 1 atom stereocenters. The summed E-state index contributed by atoms with van der Waals surface area (Å²) >= 11 is 0. The number of hydrogen-bond donors (Lipinski definition) is 1. The number of amides is 1. The second-order valence-electron chi connectivity index (χ2n) is 5.54. The molecule has 2 heterocycles. The molecular formula is C11H19N5O. The Kier molecular flexibility index (Phi) is 2.91. The molecule has 0 fully saturated rings. The molecule has 1 aliphatic heterocycles. The van der Waals surface area contributed by atoms with Crippen LogP contribution in [0.4, 0.5) is 0 Å². The zero-order chi connectivity index (χ0) is 12.6. The fourth-order valence-electron chi connectivity index (χ4n) is 1.82. The van der Waals surface area contributed by atoms with Crippen LogP contribution in [0.5, 0.6) is 0 Å². The van der Waals surface area contributed by atoms with Crippen LogP contribution in [0.2, 0.25) is 0 Å². The molecule has 17 heavy (non-hydrogen) atoms. The first-order valence-electron chi connectivity index (χ1n) is 5.80. The fraction of sp³-hybridized carbons (Fsp3) is 0.727. The molecule has 0 aromatic carbocycles. The maximum Gasteiger partial charge on any atom is 0.240 e. The van der Waals surface area contributed by atoms with Gasteiger partial charge in [0, 0.05) is 13.1 Å². The normalized spacial score (nSPS) is 17.8. The molecule has 94 valence electrons. The van der Waals surface area contributed by atoms with E-state index in [1.807, 2.05) is 25.3 Å². The fourth-order valence-corrected chi connectivity index (χ4v) is 1.82. The Bertz CT molecular complexity index is 420. The first-order valence-corrected chi connectivity index (χ1v) is 5.80. The van der Waals surface area contributed by atoms with Crippen LogP contribution in [0, 0.1) is 5.41 Å². The van der Waals surface area contributed by atoms with Crippen molar-refractivity contribution in [3.63, 3.8) is 0 Å². The third-order valence-corrected chi connectivity index (χ3v) is 3.15. The van der Waals surface area contributed by atoms with E-state index in [0.29, 0.717) is 13.1 Å². The highest BCUT2D eigenvalue weighted by molar-refractivity contribution is 5.82. The highest BCUT2D eigenvalue weighted by atomic mass is 16.2. The average molecular weight is 237 g/mol. The Morgan fingerprint density at radius 3 is 2.82 bits per heavy atom. The van der Waals surface area contributed by atoms with E-state index in [0.717, 1.165) is 12.4 Å². The van der Waals surface area contributed by atoms with E-state index >= 15 is 0 Å². The lowest BCUT2D eigenvalue weighted by Crippen LogP contribution is -2.52. The van der Waals surface area contributed by atoms with Gasteiger partial charge in [0.15, 0.2) is 5.82 Å². The predicted molar refractivity (Wildman–Crippen MR) is 62.9 cm³/mol. The molecule has 1 aliphatic rings. The standard InChI is InChI=1S/C11H19N5O/c1-11(2,3)9(12)10(17)15-4-5-16-7-13-14-8(16)6-15/h7,9H,4-6,12H2,1-3H3. The number of carbonyl (C=O) groups is 1. The summed E-state index contributed by atoms with van der Waals surface area (Å²) in [4.78, 5) is 14.0. The molecule has 2 rings (SSSR count). The molecule has 6 nitrogen and oxygen atoms in total. The lowest BCUT2D eigenvalue weighted by molar-refractivity contribution is -0.136. The zero-order valence-electron chi connectivity index (χ0n) is 10.6. The Hall–Kier alpha value is -1.43. The highest BCUT2D eigenvalue weighted by Crippen LogP contribution is 2.20. The number of hydrogen-bond acceptors (Lipinski definition) is 4. The van der Waals surface area contributed by atoms with Gasteiger partial charge in [0.2, 0.25) is 5.91 Å². The van der Waals surface area contributed by atoms with E-state index < -0.39 is 6.04 Å². The van der Waals surface area contributed by atoms with Crippen LogP contribution in [0.3, 0.4) is 0 Å². The van der Waals surface area contributed by atoms with E-state index in [4.69, 9.17) is 5.73 Å². The van der Waals surface area contributed by atoms with Gasteiger partial charge in [0.25, 0.3) is 0 Å². The van der Waals surface area contributed by atoms with Gasteiger partial charge in [-0.25, -0.2) is 0 Å². The van der Waals surface area contributed by atoms with Crippen molar-refractivity contribution in [1.29, 1.82) is 0 Å². The van der Waals surface area contributed by atoms with E-state index in [9.17, 15) is 4.79 Å². The van der Waals surface area contributed by atoms with E-state index in [-0.39, 0.29) is 11.3 Å². The number of fused-ring (bicyclic) bond motifs is 1. The van der Waals surface area contributed by atoms with Gasteiger partial charge in [0.1, 0.15) is 6.33 Å². The Morgan fingerprint density at radius 2 is 2.18 bits per heavy atom. The van der Waals surface area contributed by atoms with Crippen molar-refractivity contribution in [3.05, 3.63) is 12.2 Å². The molecule has 0 radical (unpaired) electrons. The van der Waals surface area contributed by atoms with Crippen LogP contribution in [0.1, 0.15) is 26.6 Å². The Labute approximate surface area is 101 Å². The molecule has 2 N–H and O–H groups in total. The molecule has 0 spiro atoms. The maximum absolute atomic E-state index is 12.2. The summed E-state index contributed by atoms with van der Waals surface area (Å²) in [5.41, 5.74) is 5.77. The van der Waals surface area contributed by atoms with Crippen molar-refractivity contribution >= 4 is 5.91 Å². The monoisotopic (exact) mass is 237 g/mol. The SMILES string of the molecule is CC(C)(C)C(N)C(=O)N1CCn2cnnc2C1. The highest BCUT2D eigenvalue weighted by Gasteiger charge is 2.32. The lowest BCUT2D eigenvalue weighted by atomic mass is 9.86. The van der Waals surface area contributed by atoms with Gasteiger partial charge in [0.05, 0.1) is 12.6 Å². The van der Waals surface area contributed by atoms with Crippen molar-refractivity contribution in [2.24, 2.45) is 11.1 Å². The van der Waals surface area contributed by atoms with Gasteiger partial charge < -0.3 is 15.2 Å². The summed E-state index contributed by atoms with van der Waals surface area (Å²) in [7, 11) is 0. The summed E-state index contributed by atoms with van der Waals surface area (Å²) in [5, 5.41) is 7.82. The molecule has 1 amide bonds. The molecule has 1 unspecified atom stereocenters. The molecule has 1 aromatic heterocycles. The molecule has 0 bridgehead atoms. The number of nitrogens with two attached hydrogens (primary N) is 1. The minimum absolute atomic E-state index is 0.00764. The van der Waals surface area contributed by atoms with Gasteiger partial charge in [-0.1, -0.05) is 20.8 Å².